The molecule has 0 fully saturated rings. The van der Waals surface area contributed by atoms with Gasteiger partial charge in [0.05, 0.1) is 5.41 Å². The zero-order valence-corrected chi connectivity index (χ0v) is 16.6. The van der Waals surface area contributed by atoms with Crippen LogP contribution in [-0.2, 0) is 5.41 Å². The zero-order chi connectivity index (χ0) is 20.0. The normalized spacial score (nSPS) is 21.0. The average molecular weight is 383 g/mol. The number of fused-ring (bicyclic) bond motifs is 2. The Balaban J connectivity index is 1.74. The number of aliphatic imine (C=N–C) groups is 1. The maximum atomic E-state index is 4.38. The summed E-state index contributed by atoms with van der Waals surface area (Å²) in [5.41, 5.74) is 10.3. The number of hydrogen-bond donors (Lipinski definition) is 0. The van der Waals surface area contributed by atoms with Crippen molar-refractivity contribution in [2.24, 2.45) is 4.99 Å². The first-order valence-corrected chi connectivity index (χ1v) is 10.5. The van der Waals surface area contributed by atoms with Crippen LogP contribution in [0.5, 0.6) is 0 Å². The fourth-order valence-electron chi connectivity index (χ4n) is 5.25. The Bertz CT molecular complexity index is 1290. The molecule has 1 heteroatoms. The van der Waals surface area contributed by atoms with Crippen LogP contribution in [-0.4, -0.2) is 6.21 Å². The maximum absolute atomic E-state index is 4.38. The van der Waals surface area contributed by atoms with Gasteiger partial charge in [-0.25, -0.2) is 0 Å². The van der Waals surface area contributed by atoms with Crippen LogP contribution in [0.1, 0.15) is 23.1 Å². The summed E-state index contributed by atoms with van der Waals surface area (Å²) in [5.74, 6) is 0. The smallest absolute Gasteiger partial charge is 0.0709 e. The molecule has 6 rings (SSSR count). The molecule has 1 unspecified atom stereocenters. The monoisotopic (exact) mass is 383 g/mol. The van der Waals surface area contributed by atoms with Crippen LogP contribution in [0.4, 0.5) is 0 Å². The Morgan fingerprint density at radius 2 is 1.53 bits per heavy atom. The van der Waals surface area contributed by atoms with Gasteiger partial charge in [0.25, 0.3) is 0 Å². The summed E-state index contributed by atoms with van der Waals surface area (Å²) >= 11 is 0. The molecule has 0 saturated heterocycles. The van der Waals surface area contributed by atoms with E-state index >= 15 is 0 Å². The molecule has 3 aromatic rings. The highest BCUT2D eigenvalue weighted by Crippen LogP contribution is 2.58. The minimum absolute atomic E-state index is 0.294. The molecule has 0 bridgehead atoms. The lowest BCUT2D eigenvalue weighted by atomic mass is 9.65. The topological polar surface area (TPSA) is 12.4 Å². The standard InChI is InChI=1S/C29H21N/c1-4-11-21(12-5-1)24-16-10-18-27-28(24)25-15-8-3-9-17-26(25)29(27,23-19-30-20-23)22-13-6-2-7-14-22/h1-16,18-20H,17H2. The second-order valence-electron chi connectivity index (χ2n) is 7.96. The molecule has 0 spiro atoms. The third kappa shape index (κ3) is 2.26. The summed E-state index contributed by atoms with van der Waals surface area (Å²) in [7, 11) is 0. The Hall–Kier alpha value is -3.71. The molecule has 0 N–H and O–H groups in total. The van der Waals surface area contributed by atoms with Gasteiger partial charge >= 0.3 is 0 Å². The van der Waals surface area contributed by atoms with Crippen molar-refractivity contribution >= 4 is 11.8 Å². The van der Waals surface area contributed by atoms with Crippen molar-refractivity contribution in [3.63, 3.8) is 0 Å². The molecule has 3 aromatic carbocycles. The highest BCUT2D eigenvalue weighted by molar-refractivity contribution is 6.02. The fourth-order valence-corrected chi connectivity index (χ4v) is 5.25. The maximum Gasteiger partial charge on any atom is 0.0709 e. The first kappa shape index (κ1) is 17.2. The van der Waals surface area contributed by atoms with Gasteiger partial charge in [-0.15, -0.1) is 0 Å². The third-order valence-electron chi connectivity index (χ3n) is 6.50. The van der Waals surface area contributed by atoms with Gasteiger partial charge in [0.2, 0.25) is 0 Å². The van der Waals surface area contributed by atoms with E-state index in [9.17, 15) is 0 Å². The van der Waals surface area contributed by atoms with Gasteiger partial charge in [0.15, 0.2) is 0 Å². The molecule has 30 heavy (non-hydrogen) atoms. The van der Waals surface area contributed by atoms with Crippen LogP contribution in [0, 0.1) is 0 Å². The molecule has 0 amide bonds. The molecule has 0 aromatic heterocycles. The van der Waals surface area contributed by atoms with Gasteiger partial charge in [0.1, 0.15) is 0 Å². The van der Waals surface area contributed by atoms with Crippen molar-refractivity contribution in [1.82, 2.24) is 0 Å². The highest BCUT2D eigenvalue weighted by atomic mass is 14.8. The van der Waals surface area contributed by atoms with Crippen molar-refractivity contribution in [1.29, 1.82) is 0 Å². The molecular formula is C29H21N. The summed E-state index contributed by atoms with van der Waals surface area (Å²) in [4.78, 5) is 4.38. The Morgan fingerprint density at radius 3 is 2.27 bits per heavy atom. The van der Waals surface area contributed by atoms with E-state index in [1.807, 2.05) is 12.4 Å². The SMILES string of the molecule is C1=CCC2=C(C=C1)c1c(-c3ccccc3)cccc1C2(C1=CN=C1)c1ccccc1. The van der Waals surface area contributed by atoms with Crippen LogP contribution in [0.3, 0.4) is 0 Å². The molecule has 1 aliphatic heterocycles. The van der Waals surface area contributed by atoms with E-state index in [2.05, 4.69) is 108 Å². The zero-order valence-electron chi connectivity index (χ0n) is 16.6. The molecular weight excluding hydrogens is 362 g/mol. The van der Waals surface area contributed by atoms with Crippen LogP contribution >= 0.6 is 0 Å². The summed E-state index contributed by atoms with van der Waals surface area (Å²) in [6, 6.07) is 28.4. The second-order valence-corrected chi connectivity index (χ2v) is 7.96. The van der Waals surface area contributed by atoms with E-state index in [1.54, 1.807) is 0 Å². The van der Waals surface area contributed by atoms with Gasteiger partial charge in [-0.1, -0.05) is 103 Å². The van der Waals surface area contributed by atoms with Crippen molar-refractivity contribution in [2.45, 2.75) is 11.8 Å². The minimum Gasteiger partial charge on any atom is -0.264 e. The second kappa shape index (κ2) is 6.67. The lowest BCUT2D eigenvalue weighted by Crippen LogP contribution is -2.33. The fraction of sp³-hybridized carbons (Fsp3) is 0.0690. The van der Waals surface area contributed by atoms with Crippen molar-refractivity contribution in [2.75, 3.05) is 0 Å². The van der Waals surface area contributed by atoms with Crippen LogP contribution in [0.15, 0.2) is 126 Å². The van der Waals surface area contributed by atoms with Crippen LogP contribution in [0.2, 0.25) is 0 Å². The lowest BCUT2D eigenvalue weighted by molar-refractivity contribution is 0.728. The number of allylic oxidation sites excluding steroid dienone is 7. The van der Waals surface area contributed by atoms with Gasteiger partial charge in [-0.2, -0.15) is 0 Å². The summed E-state index contributed by atoms with van der Waals surface area (Å²) in [6.07, 6.45) is 13.9. The molecule has 1 nitrogen and oxygen atoms in total. The summed E-state index contributed by atoms with van der Waals surface area (Å²) in [6.45, 7) is 0. The van der Waals surface area contributed by atoms with E-state index in [-0.39, 0.29) is 5.41 Å². The Kier molecular flexibility index (Phi) is 3.82. The molecule has 1 heterocycles. The van der Waals surface area contributed by atoms with Crippen LogP contribution in [0.25, 0.3) is 16.7 Å². The number of nitrogens with zero attached hydrogens (tertiary/aromatic N) is 1. The molecule has 0 saturated carbocycles. The van der Waals surface area contributed by atoms with E-state index in [1.165, 1.54) is 44.5 Å². The molecule has 3 aliphatic rings. The quantitative estimate of drug-likeness (QED) is 0.467. The van der Waals surface area contributed by atoms with E-state index in [0.29, 0.717) is 0 Å². The van der Waals surface area contributed by atoms with Gasteiger partial charge in [0, 0.05) is 18.0 Å². The molecule has 2 aliphatic carbocycles. The lowest BCUT2D eigenvalue weighted by Gasteiger charge is -2.37. The molecule has 0 radical (unpaired) electrons. The van der Waals surface area contributed by atoms with Crippen molar-refractivity contribution in [3.05, 3.63) is 137 Å². The van der Waals surface area contributed by atoms with E-state index in [4.69, 9.17) is 0 Å². The molecule has 142 valence electrons. The Labute approximate surface area is 177 Å². The van der Waals surface area contributed by atoms with Gasteiger partial charge < -0.3 is 0 Å². The molecule has 1 atom stereocenters. The predicted octanol–water partition coefficient (Wildman–Crippen LogP) is 6.89. The number of rotatable bonds is 3. The van der Waals surface area contributed by atoms with Crippen molar-refractivity contribution < 1.29 is 0 Å². The number of hydrogen-bond acceptors (Lipinski definition) is 1. The first-order valence-electron chi connectivity index (χ1n) is 10.5. The van der Waals surface area contributed by atoms with Gasteiger partial charge in [-0.05, 0) is 45.4 Å². The Morgan fingerprint density at radius 1 is 0.767 bits per heavy atom. The van der Waals surface area contributed by atoms with Crippen molar-refractivity contribution in [3.8, 4) is 11.1 Å². The average Bonchev–Trinajstić information content (AvgIpc) is 2.90. The summed E-state index contributed by atoms with van der Waals surface area (Å²) < 4.78 is 0. The van der Waals surface area contributed by atoms with E-state index in [0.717, 1.165) is 6.42 Å². The third-order valence-corrected chi connectivity index (χ3v) is 6.50. The minimum atomic E-state index is -0.294. The first-order chi connectivity index (χ1) is 14.9. The van der Waals surface area contributed by atoms with E-state index < -0.39 is 0 Å². The summed E-state index contributed by atoms with van der Waals surface area (Å²) in [5, 5.41) is 0. The van der Waals surface area contributed by atoms with Crippen LogP contribution < -0.4 is 0 Å². The predicted molar refractivity (Wildman–Crippen MR) is 125 cm³/mol. The van der Waals surface area contributed by atoms with Gasteiger partial charge in [-0.3, -0.25) is 4.99 Å². The highest BCUT2D eigenvalue weighted by Gasteiger charge is 2.49. The largest absolute Gasteiger partial charge is 0.264 e. The number of benzene rings is 3.